The minimum atomic E-state index is -0.961. The van der Waals surface area contributed by atoms with Crippen molar-refractivity contribution in [1.82, 2.24) is 0 Å². The minimum absolute atomic E-state index is 0. The van der Waals surface area contributed by atoms with Crippen molar-refractivity contribution in [2.45, 2.75) is 72.5 Å². The van der Waals surface area contributed by atoms with Crippen LogP contribution in [0.15, 0.2) is 0 Å². The van der Waals surface area contributed by atoms with E-state index in [9.17, 15) is 20.1 Å². The van der Waals surface area contributed by atoms with E-state index < -0.39 is 5.97 Å². The topological polar surface area (TPSA) is 86.2 Å². The van der Waals surface area contributed by atoms with E-state index in [1.807, 2.05) is 13.8 Å². The molecule has 0 aromatic rings. The maximum atomic E-state index is 9.90. The van der Waals surface area contributed by atoms with Gasteiger partial charge in [-0.25, -0.2) is 0 Å². The molecule has 0 heterocycles. The van der Waals surface area contributed by atoms with Gasteiger partial charge < -0.3 is 20.1 Å². The molecule has 0 radical (unpaired) electrons. The van der Waals surface area contributed by atoms with Gasteiger partial charge in [0, 0.05) is 5.97 Å². The summed E-state index contributed by atoms with van der Waals surface area (Å²) in [5.41, 5.74) is 0. The van der Waals surface area contributed by atoms with E-state index >= 15 is 0 Å². The van der Waals surface area contributed by atoms with Crippen LogP contribution in [0.25, 0.3) is 0 Å². The quantitative estimate of drug-likeness (QED) is 0.634. The second-order valence-corrected chi connectivity index (χ2v) is 3.56. The predicted octanol–water partition coefficient (Wildman–Crippen LogP) is -0.554. The molecule has 0 bridgehead atoms. The number of aliphatic carboxylic acids is 1. The molecule has 17 heavy (non-hydrogen) atoms. The normalized spacial score (nSPS) is 11.7. The Bertz CT molecular complexity index is 130. The molecule has 4 nitrogen and oxygen atoms in total. The molecule has 0 saturated heterocycles. The average molecular weight is 260 g/mol. The van der Waals surface area contributed by atoms with Gasteiger partial charge in [0.05, 0.1) is 0 Å². The molecule has 0 aliphatic rings. The zero-order valence-corrected chi connectivity index (χ0v) is 12.8. The molecule has 0 aromatic heterocycles. The Morgan fingerprint density at radius 1 is 1.00 bits per heavy atom. The number of hydrogen-bond acceptors (Lipinski definition) is 4. The van der Waals surface area contributed by atoms with Crippen molar-refractivity contribution >= 4 is 23.3 Å². The van der Waals surface area contributed by atoms with Gasteiger partial charge in [-0.15, -0.1) is 12.2 Å². The first-order valence-electron chi connectivity index (χ1n) is 5.83. The molecule has 0 N–H and O–H groups in total. The standard InChI is InChI=1S/C4H8O2.2C4H9O.Al/c1-2-3-4(5)6;2*1-3-4(2)5;/h2-3H2,1H3,(H,5,6);2*4H,3H2,1-2H3;/q;2*-1;+3/p-1. The van der Waals surface area contributed by atoms with Crippen molar-refractivity contribution in [3.8, 4) is 0 Å². The fraction of sp³-hybridized carbons (Fsp3) is 0.917. The van der Waals surface area contributed by atoms with Crippen molar-refractivity contribution < 1.29 is 20.1 Å². The number of carboxylic acids is 1. The van der Waals surface area contributed by atoms with Crippen molar-refractivity contribution in [2.24, 2.45) is 0 Å². The van der Waals surface area contributed by atoms with Gasteiger partial charge in [0.25, 0.3) is 0 Å². The van der Waals surface area contributed by atoms with Crippen LogP contribution in [0.3, 0.4) is 0 Å². The Morgan fingerprint density at radius 2 is 1.24 bits per heavy atom. The van der Waals surface area contributed by atoms with Gasteiger partial charge in [0.15, 0.2) is 0 Å². The molecule has 0 aromatic carbocycles. The van der Waals surface area contributed by atoms with Gasteiger partial charge in [-0.05, 0) is 6.42 Å². The van der Waals surface area contributed by atoms with Crippen LogP contribution in [0.4, 0.5) is 0 Å². The van der Waals surface area contributed by atoms with E-state index in [4.69, 9.17) is 0 Å². The number of carbonyl (C=O) groups is 1. The SMILES string of the molecule is CCC(C)[O-].CCC(C)[O-].CCCC(=O)[O-].[Al+3]. The molecular weight excluding hydrogens is 235 g/mol. The van der Waals surface area contributed by atoms with Crippen LogP contribution in [-0.2, 0) is 4.79 Å². The van der Waals surface area contributed by atoms with E-state index in [2.05, 4.69) is 0 Å². The van der Waals surface area contributed by atoms with Gasteiger partial charge in [-0.3, -0.25) is 0 Å². The fourth-order valence-electron chi connectivity index (χ4n) is 0.204. The van der Waals surface area contributed by atoms with Crippen LogP contribution in [0.1, 0.15) is 60.3 Å². The maximum Gasteiger partial charge on any atom is 3.00 e. The van der Waals surface area contributed by atoms with E-state index in [-0.39, 0.29) is 36.0 Å². The summed E-state index contributed by atoms with van der Waals surface area (Å²) in [6.07, 6.45) is 1.62. The molecule has 5 heteroatoms. The zero-order chi connectivity index (χ0) is 13.6. The smallest absolute Gasteiger partial charge is 0.852 e. The van der Waals surface area contributed by atoms with E-state index in [0.717, 1.165) is 12.8 Å². The van der Waals surface area contributed by atoms with Crippen LogP contribution < -0.4 is 15.3 Å². The molecular formula is C12H25AlO4. The molecule has 0 fully saturated rings. The third-order valence-electron chi connectivity index (χ3n) is 1.60. The summed E-state index contributed by atoms with van der Waals surface area (Å²) in [4.78, 5) is 9.49. The third kappa shape index (κ3) is 64.4. The average Bonchev–Trinajstić information content (AvgIpc) is 2.19. The summed E-state index contributed by atoms with van der Waals surface area (Å²) in [5.74, 6) is -0.961. The van der Waals surface area contributed by atoms with E-state index in [0.29, 0.717) is 6.42 Å². The van der Waals surface area contributed by atoms with Gasteiger partial charge in [-0.1, -0.05) is 53.9 Å². The summed E-state index contributed by atoms with van der Waals surface area (Å²) in [6.45, 7) is 8.91. The number of carbonyl (C=O) groups excluding carboxylic acids is 1. The van der Waals surface area contributed by atoms with Crippen LogP contribution in [-0.4, -0.2) is 35.5 Å². The van der Waals surface area contributed by atoms with E-state index in [1.165, 1.54) is 0 Å². The summed E-state index contributed by atoms with van der Waals surface area (Å²) in [7, 11) is 0. The van der Waals surface area contributed by atoms with Crippen LogP contribution in [0.2, 0.25) is 0 Å². The first-order valence-corrected chi connectivity index (χ1v) is 5.83. The monoisotopic (exact) mass is 260 g/mol. The number of rotatable bonds is 4. The Labute approximate surface area is 116 Å². The van der Waals surface area contributed by atoms with Crippen molar-refractivity contribution in [2.75, 3.05) is 0 Å². The summed E-state index contributed by atoms with van der Waals surface area (Å²) in [5, 5.41) is 29.3. The van der Waals surface area contributed by atoms with Crippen molar-refractivity contribution in [3.05, 3.63) is 0 Å². The van der Waals surface area contributed by atoms with Crippen molar-refractivity contribution in [1.29, 1.82) is 0 Å². The number of carboxylic acid groups (broad SMARTS) is 1. The fourth-order valence-corrected chi connectivity index (χ4v) is 0.204. The first kappa shape index (κ1) is 25.7. The van der Waals surface area contributed by atoms with Crippen molar-refractivity contribution in [3.63, 3.8) is 0 Å². The molecule has 0 aliphatic carbocycles. The zero-order valence-electron chi connectivity index (χ0n) is 11.7. The Kier molecular flexibility index (Phi) is 32.1. The molecule has 0 saturated carbocycles. The molecule has 0 amide bonds. The molecule has 0 rings (SSSR count). The van der Waals surface area contributed by atoms with Gasteiger partial charge in [0.1, 0.15) is 0 Å². The molecule has 0 aliphatic heterocycles. The van der Waals surface area contributed by atoms with Crippen LogP contribution in [0, 0.1) is 0 Å². The Balaban J connectivity index is -0.0000000729. The second-order valence-electron chi connectivity index (χ2n) is 3.56. The van der Waals surface area contributed by atoms with Gasteiger partial charge in [0.2, 0.25) is 0 Å². The predicted molar refractivity (Wildman–Crippen MR) is 65.2 cm³/mol. The van der Waals surface area contributed by atoms with Gasteiger partial charge in [-0.2, -0.15) is 0 Å². The summed E-state index contributed by atoms with van der Waals surface area (Å²) in [6, 6.07) is 0. The largest absolute Gasteiger partial charge is 3.00 e. The second kappa shape index (κ2) is 21.2. The Morgan fingerprint density at radius 3 is 1.24 bits per heavy atom. The molecule has 2 unspecified atom stereocenters. The molecule has 100 valence electrons. The third-order valence-corrected chi connectivity index (χ3v) is 1.60. The van der Waals surface area contributed by atoms with Crippen LogP contribution in [0.5, 0.6) is 0 Å². The van der Waals surface area contributed by atoms with Crippen LogP contribution >= 0.6 is 0 Å². The maximum absolute atomic E-state index is 9.90. The first-order chi connectivity index (χ1) is 7.31. The van der Waals surface area contributed by atoms with E-state index in [1.54, 1.807) is 20.8 Å². The minimum Gasteiger partial charge on any atom is -0.852 e. The summed E-state index contributed by atoms with van der Waals surface area (Å²) < 4.78 is 0. The number of hydrogen-bond donors (Lipinski definition) is 0. The van der Waals surface area contributed by atoms with Gasteiger partial charge >= 0.3 is 17.4 Å². The molecule has 2 atom stereocenters. The Hall–Kier alpha value is -0.0775. The molecule has 0 spiro atoms. The summed E-state index contributed by atoms with van der Waals surface area (Å²) >= 11 is 0.